The van der Waals surface area contributed by atoms with E-state index < -0.39 is 0 Å². The molecule has 23 heavy (non-hydrogen) atoms. The standard InChI is InChI=1S/C18H21N3O2/c1-20(2)12-15-18(19-17-7-5-6-10-21(15)17)14-11-13(22-3)8-9-16(14)23-4/h5-11H,12H2,1-4H3. The molecule has 0 aliphatic rings. The molecular formula is C18H21N3O2. The van der Waals surface area contributed by atoms with Gasteiger partial charge in [-0.3, -0.25) is 0 Å². The molecule has 0 aliphatic carbocycles. The van der Waals surface area contributed by atoms with Crippen LogP contribution in [0.1, 0.15) is 5.69 Å². The van der Waals surface area contributed by atoms with Crippen LogP contribution in [0.25, 0.3) is 16.9 Å². The van der Waals surface area contributed by atoms with Gasteiger partial charge in [0.2, 0.25) is 0 Å². The lowest BCUT2D eigenvalue weighted by Gasteiger charge is -2.13. The third-order valence-electron chi connectivity index (χ3n) is 3.76. The summed E-state index contributed by atoms with van der Waals surface area (Å²) >= 11 is 0. The van der Waals surface area contributed by atoms with E-state index in [1.165, 1.54) is 0 Å². The molecule has 3 aromatic rings. The second-order valence-corrected chi connectivity index (χ2v) is 5.64. The first kappa shape index (κ1) is 15.4. The molecule has 5 heteroatoms. The molecule has 120 valence electrons. The van der Waals surface area contributed by atoms with E-state index in [-0.39, 0.29) is 0 Å². The number of fused-ring (bicyclic) bond motifs is 1. The Balaban J connectivity index is 2.26. The molecule has 2 heterocycles. The van der Waals surface area contributed by atoms with Gasteiger partial charge in [0, 0.05) is 18.3 Å². The van der Waals surface area contributed by atoms with E-state index in [1.54, 1.807) is 14.2 Å². The number of rotatable bonds is 5. The minimum Gasteiger partial charge on any atom is -0.497 e. The summed E-state index contributed by atoms with van der Waals surface area (Å²) in [6.45, 7) is 0.779. The quantitative estimate of drug-likeness (QED) is 0.726. The van der Waals surface area contributed by atoms with Crippen LogP contribution in [0.3, 0.4) is 0 Å². The van der Waals surface area contributed by atoms with Crippen LogP contribution < -0.4 is 9.47 Å². The Bertz CT molecular complexity index is 824. The normalized spacial score (nSPS) is 11.2. The van der Waals surface area contributed by atoms with E-state index >= 15 is 0 Å². The highest BCUT2D eigenvalue weighted by Crippen LogP contribution is 2.35. The van der Waals surface area contributed by atoms with Gasteiger partial charge in [-0.05, 0) is 44.4 Å². The van der Waals surface area contributed by atoms with Gasteiger partial charge in [0.05, 0.1) is 25.6 Å². The summed E-state index contributed by atoms with van der Waals surface area (Å²) < 4.78 is 13.0. The van der Waals surface area contributed by atoms with E-state index in [2.05, 4.69) is 23.4 Å². The molecule has 0 unspecified atom stereocenters. The number of benzene rings is 1. The molecule has 0 aliphatic heterocycles. The van der Waals surface area contributed by atoms with Crippen molar-refractivity contribution in [3.63, 3.8) is 0 Å². The number of hydrogen-bond donors (Lipinski definition) is 0. The van der Waals surface area contributed by atoms with Crippen molar-refractivity contribution in [1.29, 1.82) is 0 Å². The topological polar surface area (TPSA) is 39.0 Å². The smallest absolute Gasteiger partial charge is 0.137 e. The maximum Gasteiger partial charge on any atom is 0.137 e. The lowest BCUT2D eigenvalue weighted by Crippen LogP contribution is -2.13. The average molecular weight is 311 g/mol. The second kappa shape index (κ2) is 6.30. The van der Waals surface area contributed by atoms with Gasteiger partial charge >= 0.3 is 0 Å². The first-order chi connectivity index (χ1) is 11.1. The van der Waals surface area contributed by atoms with E-state index in [9.17, 15) is 0 Å². The molecule has 3 rings (SSSR count). The molecule has 0 fully saturated rings. The Kier molecular flexibility index (Phi) is 4.21. The zero-order chi connectivity index (χ0) is 16.4. The molecule has 0 saturated heterocycles. The second-order valence-electron chi connectivity index (χ2n) is 5.64. The van der Waals surface area contributed by atoms with Crippen molar-refractivity contribution >= 4 is 5.65 Å². The van der Waals surface area contributed by atoms with Gasteiger partial charge in [0.1, 0.15) is 17.1 Å². The first-order valence-corrected chi connectivity index (χ1v) is 7.47. The van der Waals surface area contributed by atoms with Crippen molar-refractivity contribution in [2.24, 2.45) is 0 Å². The van der Waals surface area contributed by atoms with Crippen LogP contribution >= 0.6 is 0 Å². The summed E-state index contributed by atoms with van der Waals surface area (Å²) in [5, 5.41) is 0. The van der Waals surface area contributed by atoms with E-state index in [4.69, 9.17) is 14.5 Å². The summed E-state index contributed by atoms with van der Waals surface area (Å²) in [4.78, 5) is 6.95. The molecule has 0 N–H and O–H groups in total. The van der Waals surface area contributed by atoms with Gasteiger partial charge in [0.15, 0.2) is 0 Å². The van der Waals surface area contributed by atoms with Gasteiger partial charge in [0.25, 0.3) is 0 Å². The van der Waals surface area contributed by atoms with Gasteiger partial charge < -0.3 is 18.8 Å². The summed E-state index contributed by atoms with van der Waals surface area (Å²) in [7, 11) is 7.44. The van der Waals surface area contributed by atoms with Crippen molar-refractivity contribution in [2.45, 2.75) is 6.54 Å². The summed E-state index contributed by atoms with van der Waals surface area (Å²) in [6, 6.07) is 11.8. The highest BCUT2D eigenvalue weighted by Gasteiger charge is 2.18. The van der Waals surface area contributed by atoms with Gasteiger partial charge in [-0.15, -0.1) is 0 Å². The number of hydrogen-bond acceptors (Lipinski definition) is 4. The predicted molar refractivity (Wildman–Crippen MR) is 91.1 cm³/mol. The first-order valence-electron chi connectivity index (χ1n) is 7.47. The fourth-order valence-electron chi connectivity index (χ4n) is 2.71. The molecular weight excluding hydrogens is 290 g/mol. The molecule has 2 aromatic heterocycles. The fraction of sp³-hybridized carbons (Fsp3) is 0.278. The molecule has 0 bridgehead atoms. The van der Waals surface area contributed by atoms with Crippen LogP contribution in [-0.2, 0) is 6.54 Å². The number of ether oxygens (including phenoxy) is 2. The minimum absolute atomic E-state index is 0.779. The lowest BCUT2D eigenvalue weighted by molar-refractivity contribution is 0.395. The van der Waals surface area contributed by atoms with E-state index in [0.29, 0.717) is 0 Å². The molecule has 0 saturated carbocycles. The number of nitrogens with zero attached hydrogens (tertiary/aromatic N) is 3. The van der Waals surface area contributed by atoms with Crippen LogP contribution in [0.4, 0.5) is 0 Å². The Morgan fingerprint density at radius 2 is 1.91 bits per heavy atom. The Morgan fingerprint density at radius 3 is 2.61 bits per heavy atom. The molecule has 1 aromatic carbocycles. The van der Waals surface area contributed by atoms with Crippen molar-refractivity contribution in [2.75, 3.05) is 28.3 Å². The van der Waals surface area contributed by atoms with Crippen LogP contribution in [0.2, 0.25) is 0 Å². The maximum absolute atomic E-state index is 5.54. The fourth-order valence-corrected chi connectivity index (χ4v) is 2.71. The Morgan fingerprint density at radius 1 is 1.09 bits per heavy atom. The average Bonchev–Trinajstić information content (AvgIpc) is 2.92. The van der Waals surface area contributed by atoms with Crippen LogP contribution in [0.5, 0.6) is 11.5 Å². The minimum atomic E-state index is 0.779. The maximum atomic E-state index is 5.54. The van der Waals surface area contributed by atoms with Gasteiger partial charge in [-0.25, -0.2) is 4.98 Å². The van der Waals surface area contributed by atoms with Crippen molar-refractivity contribution < 1.29 is 9.47 Å². The third-order valence-corrected chi connectivity index (χ3v) is 3.76. The zero-order valence-electron chi connectivity index (χ0n) is 13.9. The molecule has 5 nitrogen and oxygen atoms in total. The lowest BCUT2D eigenvalue weighted by atomic mass is 10.1. The van der Waals surface area contributed by atoms with Crippen LogP contribution in [0.15, 0.2) is 42.6 Å². The van der Waals surface area contributed by atoms with E-state index in [0.717, 1.165) is 40.6 Å². The Labute approximate surface area is 136 Å². The SMILES string of the molecule is COc1ccc(OC)c(-c2nc3ccccn3c2CN(C)C)c1. The van der Waals surface area contributed by atoms with Crippen molar-refractivity contribution in [3.8, 4) is 22.8 Å². The van der Waals surface area contributed by atoms with Gasteiger partial charge in [-0.1, -0.05) is 6.07 Å². The largest absolute Gasteiger partial charge is 0.497 e. The number of methoxy groups -OCH3 is 2. The van der Waals surface area contributed by atoms with Gasteiger partial charge in [-0.2, -0.15) is 0 Å². The number of pyridine rings is 1. The van der Waals surface area contributed by atoms with Crippen LogP contribution in [-0.4, -0.2) is 42.6 Å². The van der Waals surface area contributed by atoms with Crippen LogP contribution in [0, 0.1) is 0 Å². The third kappa shape index (κ3) is 2.87. The highest BCUT2D eigenvalue weighted by atomic mass is 16.5. The predicted octanol–water partition coefficient (Wildman–Crippen LogP) is 3.08. The Hall–Kier alpha value is -2.53. The number of imidazole rings is 1. The zero-order valence-corrected chi connectivity index (χ0v) is 13.9. The molecule has 0 radical (unpaired) electrons. The monoisotopic (exact) mass is 311 g/mol. The summed E-state index contributed by atoms with van der Waals surface area (Å²) in [6.07, 6.45) is 2.04. The molecule has 0 spiro atoms. The highest BCUT2D eigenvalue weighted by molar-refractivity contribution is 5.73. The van der Waals surface area contributed by atoms with Crippen molar-refractivity contribution in [3.05, 3.63) is 48.3 Å². The molecule has 0 amide bonds. The molecule has 0 atom stereocenters. The summed E-state index contributed by atoms with van der Waals surface area (Å²) in [5.41, 5.74) is 3.90. The number of aromatic nitrogens is 2. The summed E-state index contributed by atoms with van der Waals surface area (Å²) in [5.74, 6) is 1.57. The van der Waals surface area contributed by atoms with E-state index in [1.807, 2.05) is 42.6 Å². The van der Waals surface area contributed by atoms with Crippen molar-refractivity contribution in [1.82, 2.24) is 14.3 Å².